The van der Waals surface area contributed by atoms with E-state index in [1.54, 1.807) is 7.11 Å². The molecule has 0 aliphatic rings. The second kappa shape index (κ2) is 8.36. The molecule has 0 spiro atoms. The fourth-order valence-electron chi connectivity index (χ4n) is 2.16. The smallest absolute Gasteiger partial charge is 0.118 e. The Morgan fingerprint density at radius 1 is 1.27 bits per heavy atom. The fourth-order valence-corrected chi connectivity index (χ4v) is 2.16. The molecule has 1 aromatic heterocycles. The highest BCUT2D eigenvalue weighted by atomic mass is 16.5. The molecule has 0 atom stereocenters. The van der Waals surface area contributed by atoms with Crippen LogP contribution >= 0.6 is 0 Å². The molecular weight excluding hydrogens is 276 g/mol. The lowest BCUT2D eigenvalue weighted by Crippen LogP contribution is -2.27. The van der Waals surface area contributed by atoms with E-state index in [4.69, 9.17) is 4.74 Å². The first-order valence-electron chi connectivity index (χ1n) is 7.40. The van der Waals surface area contributed by atoms with Gasteiger partial charge >= 0.3 is 0 Å². The highest BCUT2D eigenvalue weighted by molar-refractivity contribution is 5.69. The summed E-state index contributed by atoms with van der Waals surface area (Å²) in [4.78, 5) is 2.27. The maximum atomic E-state index is 5.16. The molecule has 0 radical (unpaired) electrons. The van der Waals surface area contributed by atoms with Crippen LogP contribution in [0.1, 0.15) is 16.8 Å². The van der Waals surface area contributed by atoms with E-state index in [1.165, 1.54) is 5.56 Å². The van der Waals surface area contributed by atoms with Crippen LogP contribution in [0.3, 0.4) is 0 Å². The Balaban J connectivity index is 2.00. The maximum Gasteiger partial charge on any atom is 0.118 e. The summed E-state index contributed by atoms with van der Waals surface area (Å²) in [6.07, 6.45) is 6.03. The Kier molecular flexibility index (Phi) is 6.18. The molecule has 0 aliphatic carbocycles. The van der Waals surface area contributed by atoms with Crippen LogP contribution in [-0.2, 0) is 6.54 Å². The number of ether oxygens (including phenoxy) is 1. The fraction of sp³-hybridized carbons (Fsp3) is 0.353. The summed E-state index contributed by atoms with van der Waals surface area (Å²) in [6, 6.07) is 7.98. The van der Waals surface area contributed by atoms with Crippen LogP contribution in [0.15, 0.2) is 30.5 Å². The molecule has 2 aromatic rings. The molecule has 0 unspecified atom stereocenters. The molecule has 1 heterocycles. The van der Waals surface area contributed by atoms with E-state index in [1.807, 2.05) is 37.5 Å². The van der Waals surface area contributed by atoms with Crippen LogP contribution in [0.25, 0.3) is 12.2 Å². The summed E-state index contributed by atoms with van der Waals surface area (Å²) in [5.41, 5.74) is 3.38. The lowest BCUT2D eigenvalue weighted by atomic mass is 10.1. The quantitative estimate of drug-likeness (QED) is 0.785. The number of nitrogens with one attached hydrogen (secondary N) is 2. The Morgan fingerprint density at radius 3 is 2.73 bits per heavy atom. The summed E-state index contributed by atoms with van der Waals surface area (Å²) >= 11 is 0. The predicted molar refractivity (Wildman–Crippen MR) is 90.8 cm³/mol. The van der Waals surface area contributed by atoms with Crippen molar-refractivity contribution in [3.63, 3.8) is 0 Å². The molecule has 5 nitrogen and oxygen atoms in total. The second-order valence-electron chi connectivity index (χ2n) is 5.26. The number of nitrogens with zero attached hydrogens (tertiary/aromatic N) is 2. The molecule has 0 saturated carbocycles. The highest BCUT2D eigenvalue weighted by Gasteiger charge is 2.05. The standard InChI is InChI=1S/C17H24N4O/c1-18-10-11-21(2)13-15-12-19-20-17(15)9-6-14-4-7-16(22-3)8-5-14/h4-9,12,18H,10-11,13H2,1-3H3,(H,19,20)/b9-6+. The number of likely N-dealkylation sites (N-methyl/N-ethyl adjacent to an activating group) is 2. The number of benzene rings is 1. The Labute approximate surface area is 132 Å². The van der Waals surface area contributed by atoms with Crippen LogP contribution < -0.4 is 10.1 Å². The molecule has 2 N–H and O–H groups in total. The Morgan fingerprint density at radius 2 is 2.05 bits per heavy atom. The van der Waals surface area contributed by atoms with Gasteiger partial charge in [-0.3, -0.25) is 5.10 Å². The van der Waals surface area contributed by atoms with Crippen molar-refractivity contribution in [2.75, 3.05) is 34.3 Å². The zero-order valence-corrected chi connectivity index (χ0v) is 13.5. The molecule has 0 bridgehead atoms. The largest absolute Gasteiger partial charge is 0.497 e. The van der Waals surface area contributed by atoms with E-state index in [9.17, 15) is 0 Å². The first kappa shape index (κ1) is 16.3. The number of methoxy groups -OCH3 is 1. The van der Waals surface area contributed by atoms with E-state index < -0.39 is 0 Å². The van der Waals surface area contributed by atoms with Gasteiger partial charge in [-0.05, 0) is 37.9 Å². The van der Waals surface area contributed by atoms with Gasteiger partial charge in [0.2, 0.25) is 0 Å². The summed E-state index contributed by atoms with van der Waals surface area (Å²) in [7, 11) is 5.75. The van der Waals surface area contributed by atoms with Crippen molar-refractivity contribution in [1.82, 2.24) is 20.4 Å². The van der Waals surface area contributed by atoms with Crippen molar-refractivity contribution in [3.05, 3.63) is 47.3 Å². The van der Waals surface area contributed by atoms with Gasteiger partial charge in [0.15, 0.2) is 0 Å². The van der Waals surface area contributed by atoms with Crippen molar-refractivity contribution < 1.29 is 4.74 Å². The number of rotatable bonds is 8. The number of hydrogen-bond donors (Lipinski definition) is 2. The molecule has 118 valence electrons. The molecule has 1 aromatic carbocycles. The maximum absolute atomic E-state index is 5.16. The van der Waals surface area contributed by atoms with E-state index in [0.717, 1.165) is 36.6 Å². The van der Waals surface area contributed by atoms with Crippen molar-refractivity contribution in [2.24, 2.45) is 0 Å². The first-order chi connectivity index (χ1) is 10.7. The molecule has 5 heteroatoms. The van der Waals surface area contributed by atoms with Gasteiger partial charge in [0, 0.05) is 25.2 Å². The van der Waals surface area contributed by atoms with Gasteiger partial charge in [0.25, 0.3) is 0 Å². The van der Waals surface area contributed by atoms with Gasteiger partial charge in [0.1, 0.15) is 5.75 Å². The minimum absolute atomic E-state index is 0.866. The van der Waals surface area contributed by atoms with Crippen molar-refractivity contribution in [3.8, 4) is 5.75 Å². The minimum atomic E-state index is 0.866. The second-order valence-corrected chi connectivity index (χ2v) is 5.26. The number of hydrogen-bond acceptors (Lipinski definition) is 4. The molecule has 2 rings (SSSR count). The van der Waals surface area contributed by atoms with E-state index in [-0.39, 0.29) is 0 Å². The third-order valence-electron chi connectivity index (χ3n) is 3.49. The van der Waals surface area contributed by atoms with Crippen LogP contribution in [0.4, 0.5) is 0 Å². The average molecular weight is 300 g/mol. The van der Waals surface area contributed by atoms with E-state index >= 15 is 0 Å². The van der Waals surface area contributed by atoms with Gasteiger partial charge in [0.05, 0.1) is 19.0 Å². The van der Waals surface area contributed by atoms with Gasteiger partial charge in [-0.2, -0.15) is 5.10 Å². The van der Waals surface area contributed by atoms with Gasteiger partial charge < -0.3 is 15.0 Å². The molecule has 0 amide bonds. The van der Waals surface area contributed by atoms with Crippen molar-refractivity contribution >= 4 is 12.2 Å². The zero-order valence-electron chi connectivity index (χ0n) is 13.5. The monoisotopic (exact) mass is 300 g/mol. The van der Waals surface area contributed by atoms with Gasteiger partial charge in [-0.1, -0.05) is 18.2 Å². The topological polar surface area (TPSA) is 53.2 Å². The van der Waals surface area contributed by atoms with Crippen LogP contribution in [-0.4, -0.2) is 49.4 Å². The third kappa shape index (κ3) is 4.72. The summed E-state index contributed by atoms with van der Waals surface area (Å²) in [5, 5.41) is 10.4. The van der Waals surface area contributed by atoms with Crippen molar-refractivity contribution in [1.29, 1.82) is 0 Å². The first-order valence-corrected chi connectivity index (χ1v) is 7.40. The summed E-state index contributed by atoms with van der Waals surface area (Å²) in [5.74, 6) is 0.866. The van der Waals surface area contributed by atoms with Gasteiger partial charge in [-0.25, -0.2) is 0 Å². The van der Waals surface area contributed by atoms with Gasteiger partial charge in [-0.15, -0.1) is 0 Å². The summed E-state index contributed by atoms with van der Waals surface area (Å²) < 4.78 is 5.16. The lowest BCUT2D eigenvalue weighted by Gasteiger charge is -2.15. The van der Waals surface area contributed by atoms with E-state index in [0.29, 0.717) is 0 Å². The minimum Gasteiger partial charge on any atom is -0.497 e. The normalized spacial score (nSPS) is 11.5. The summed E-state index contributed by atoms with van der Waals surface area (Å²) in [6.45, 7) is 2.86. The number of aromatic nitrogens is 2. The van der Waals surface area contributed by atoms with Crippen LogP contribution in [0.5, 0.6) is 5.75 Å². The molecule has 0 saturated heterocycles. The van der Waals surface area contributed by atoms with Crippen molar-refractivity contribution in [2.45, 2.75) is 6.54 Å². The SMILES string of the molecule is CNCCN(C)Cc1cn[nH]c1/C=C/c1ccc(OC)cc1. The number of H-pyrrole nitrogens is 1. The molecule has 22 heavy (non-hydrogen) atoms. The number of aromatic amines is 1. The zero-order chi connectivity index (χ0) is 15.8. The Bertz CT molecular complexity index is 589. The van der Waals surface area contributed by atoms with Crippen LogP contribution in [0.2, 0.25) is 0 Å². The molecule has 0 fully saturated rings. The van der Waals surface area contributed by atoms with Crippen LogP contribution in [0, 0.1) is 0 Å². The van der Waals surface area contributed by atoms with E-state index in [2.05, 4.69) is 39.6 Å². The molecular formula is C17H24N4O. The molecule has 0 aliphatic heterocycles. The lowest BCUT2D eigenvalue weighted by molar-refractivity contribution is 0.328. The third-order valence-corrected chi connectivity index (χ3v) is 3.49. The highest BCUT2D eigenvalue weighted by Crippen LogP contribution is 2.15. The average Bonchev–Trinajstić information content (AvgIpc) is 2.98. The Hall–Kier alpha value is -2.11. The predicted octanol–water partition coefficient (Wildman–Crippen LogP) is 2.24.